The minimum absolute atomic E-state index is 0.0927. The van der Waals surface area contributed by atoms with Crippen molar-refractivity contribution >= 4 is 15.9 Å². The first-order valence-corrected chi connectivity index (χ1v) is 7.02. The first-order valence-electron chi connectivity index (χ1n) is 5.54. The van der Waals surface area contributed by atoms with Crippen molar-refractivity contribution < 1.29 is 13.2 Å². The predicted molar refractivity (Wildman–Crippen MR) is 66.5 cm³/mol. The number of hydrogen-bond donors (Lipinski definition) is 3. The number of nitrogens with two attached hydrogens (primary N) is 1. The van der Waals surface area contributed by atoms with Crippen LogP contribution in [0, 0.1) is 0 Å². The molecule has 0 radical (unpaired) electrons. The van der Waals surface area contributed by atoms with Gasteiger partial charge >= 0.3 is 0 Å². The molecular formula is C11H15N3O3S. The van der Waals surface area contributed by atoms with Gasteiger partial charge in [0.1, 0.15) is 0 Å². The quantitative estimate of drug-likeness (QED) is 0.681. The van der Waals surface area contributed by atoms with Crippen LogP contribution in [0.1, 0.15) is 16.8 Å². The molecule has 2 rings (SSSR count). The van der Waals surface area contributed by atoms with Crippen LogP contribution in [-0.2, 0) is 10.0 Å². The third-order valence-corrected chi connectivity index (χ3v) is 4.31. The summed E-state index contributed by atoms with van der Waals surface area (Å²) in [5.74, 6) is -0.254. The van der Waals surface area contributed by atoms with E-state index < -0.39 is 10.0 Å². The Morgan fingerprint density at radius 2 is 1.89 bits per heavy atom. The lowest BCUT2D eigenvalue weighted by atomic mass is 10.2. The topological polar surface area (TPSA) is 101 Å². The number of benzene rings is 1. The Bertz CT molecular complexity index is 553. The predicted octanol–water partition coefficient (Wildman–Crippen LogP) is -0.576. The molecule has 0 saturated heterocycles. The van der Waals surface area contributed by atoms with E-state index in [1.807, 2.05) is 0 Å². The number of hydrogen-bond acceptors (Lipinski definition) is 4. The van der Waals surface area contributed by atoms with Crippen molar-refractivity contribution in [2.75, 3.05) is 7.05 Å². The molecule has 0 aliphatic heterocycles. The second-order valence-electron chi connectivity index (χ2n) is 4.23. The molecule has 2 unspecified atom stereocenters. The monoisotopic (exact) mass is 269 g/mol. The van der Waals surface area contributed by atoms with Crippen LogP contribution in [0.25, 0.3) is 0 Å². The van der Waals surface area contributed by atoms with Crippen molar-refractivity contribution in [2.45, 2.75) is 23.4 Å². The van der Waals surface area contributed by atoms with Gasteiger partial charge in [-0.2, -0.15) is 0 Å². The van der Waals surface area contributed by atoms with Gasteiger partial charge in [-0.15, -0.1) is 0 Å². The zero-order valence-electron chi connectivity index (χ0n) is 9.88. The molecule has 1 fully saturated rings. The van der Waals surface area contributed by atoms with Crippen LogP contribution >= 0.6 is 0 Å². The van der Waals surface area contributed by atoms with Gasteiger partial charge in [0.2, 0.25) is 10.0 Å². The molecule has 1 aliphatic rings. The maximum Gasteiger partial charge on any atom is 0.251 e. The average molecular weight is 269 g/mol. The van der Waals surface area contributed by atoms with Crippen molar-refractivity contribution in [1.82, 2.24) is 10.0 Å². The van der Waals surface area contributed by atoms with Gasteiger partial charge in [0, 0.05) is 24.7 Å². The second kappa shape index (κ2) is 4.68. The van der Waals surface area contributed by atoms with Crippen LogP contribution in [0.4, 0.5) is 0 Å². The summed E-state index contributed by atoms with van der Waals surface area (Å²) in [5.41, 5.74) is 5.97. The molecule has 0 bridgehead atoms. The van der Waals surface area contributed by atoms with Crippen LogP contribution < -0.4 is 15.8 Å². The summed E-state index contributed by atoms with van der Waals surface area (Å²) in [6.45, 7) is 0. The average Bonchev–Trinajstić information content (AvgIpc) is 3.03. The fraction of sp³-hybridized carbons (Fsp3) is 0.364. The Balaban J connectivity index is 2.16. The van der Waals surface area contributed by atoms with Gasteiger partial charge in [-0.05, 0) is 30.7 Å². The molecule has 6 nitrogen and oxygen atoms in total. The summed E-state index contributed by atoms with van der Waals surface area (Å²) >= 11 is 0. The third kappa shape index (κ3) is 2.69. The van der Waals surface area contributed by atoms with E-state index in [1.165, 1.54) is 31.3 Å². The minimum atomic E-state index is -3.54. The molecule has 7 heteroatoms. The molecule has 1 amide bonds. The summed E-state index contributed by atoms with van der Waals surface area (Å²) < 4.78 is 26.3. The maximum atomic E-state index is 11.9. The summed E-state index contributed by atoms with van der Waals surface area (Å²) in [4.78, 5) is 11.4. The highest BCUT2D eigenvalue weighted by Crippen LogP contribution is 2.21. The standard InChI is InChI=1S/C11H15N3O3S/c1-13-11(15)7-2-4-8(5-3-7)18(16,17)14-10-6-9(10)12/h2-5,9-10,14H,6,12H2,1H3,(H,13,15). The van der Waals surface area contributed by atoms with E-state index >= 15 is 0 Å². The van der Waals surface area contributed by atoms with Crippen molar-refractivity contribution in [3.8, 4) is 0 Å². The van der Waals surface area contributed by atoms with E-state index in [-0.39, 0.29) is 22.9 Å². The summed E-state index contributed by atoms with van der Waals surface area (Å²) in [6.07, 6.45) is 0.662. The van der Waals surface area contributed by atoms with Crippen LogP contribution in [0.15, 0.2) is 29.2 Å². The van der Waals surface area contributed by atoms with Crippen LogP contribution in [0.5, 0.6) is 0 Å². The lowest BCUT2D eigenvalue weighted by molar-refractivity contribution is 0.0963. The van der Waals surface area contributed by atoms with E-state index in [4.69, 9.17) is 5.73 Å². The van der Waals surface area contributed by atoms with E-state index in [2.05, 4.69) is 10.0 Å². The highest BCUT2D eigenvalue weighted by molar-refractivity contribution is 7.89. The van der Waals surface area contributed by atoms with Crippen molar-refractivity contribution in [1.29, 1.82) is 0 Å². The second-order valence-corrected chi connectivity index (χ2v) is 5.94. The van der Waals surface area contributed by atoms with E-state index in [1.54, 1.807) is 0 Å². The number of carbonyl (C=O) groups excluding carboxylic acids is 1. The molecule has 0 spiro atoms. The minimum Gasteiger partial charge on any atom is -0.355 e. The molecule has 2 atom stereocenters. The fourth-order valence-corrected chi connectivity index (χ4v) is 2.85. The number of rotatable bonds is 4. The summed E-state index contributed by atoms with van der Waals surface area (Å²) in [7, 11) is -2.02. The van der Waals surface area contributed by atoms with Gasteiger partial charge in [-0.3, -0.25) is 4.79 Å². The SMILES string of the molecule is CNC(=O)c1ccc(S(=O)(=O)NC2CC2N)cc1. The molecule has 1 saturated carbocycles. The number of amides is 1. The summed E-state index contributed by atoms with van der Waals surface area (Å²) in [6, 6.07) is 5.49. The van der Waals surface area contributed by atoms with E-state index in [0.29, 0.717) is 12.0 Å². The Labute approximate surface area is 106 Å². The fourth-order valence-electron chi connectivity index (χ4n) is 1.55. The largest absolute Gasteiger partial charge is 0.355 e. The zero-order valence-corrected chi connectivity index (χ0v) is 10.7. The van der Waals surface area contributed by atoms with Gasteiger partial charge in [-0.25, -0.2) is 13.1 Å². The molecule has 1 aromatic carbocycles. The molecule has 18 heavy (non-hydrogen) atoms. The van der Waals surface area contributed by atoms with Crippen molar-refractivity contribution in [3.63, 3.8) is 0 Å². The molecule has 1 aliphatic carbocycles. The molecule has 0 heterocycles. The van der Waals surface area contributed by atoms with Crippen LogP contribution in [-0.4, -0.2) is 33.5 Å². The first kappa shape index (κ1) is 13.0. The zero-order chi connectivity index (χ0) is 13.3. The molecule has 98 valence electrons. The first-order chi connectivity index (χ1) is 8.44. The normalized spacial score (nSPS) is 22.6. The smallest absolute Gasteiger partial charge is 0.251 e. The lowest BCUT2D eigenvalue weighted by Crippen LogP contribution is -2.29. The third-order valence-electron chi connectivity index (χ3n) is 2.80. The Morgan fingerprint density at radius 1 is 1.33 bits per heavy atom. The molecule has 0 aromatic heterocycles. The lowest BCUT2D eigenvalue weighted by Gasteiger charge is -2.06. The summed E-state index contributed by atoms with van der Waals surface area (Å²) in [5, 5.41) is 2.47. The molecular weight excluding hydrogens is 254 g/mol. The van der Waals surface area contributed by atoms with Gasteiger partial charge in [-0.1, -0.05) is 0 Å². The molecule has 4 N–H and O–H groups in total. The highest BCUT2D eigenvalue weighted by Gasteiger charge is 2.37. The Hall–Kier alpha value is -1.44. The van der Waals surface area contributed by atoms with Gasteiger partial charge in [0.15, 0.2) is 0 Å². The van der Waals surface area contributed by atoms with Crippen molar-refractivity contribution in [3.05, 3.63) is 29.8 Å². The number of nitrogens with one attached hydrogen (secondary N) is 2. The van der Waals surface area contributed by atoms with E-state index in [0.717, 1.165) is 0 Å². The maximum absolute atomic E-state index is 11.9. The number of sulfonamides is 1. The number of carbonyl (C=O) groups is 1. The van der Waals surface area contributed by atoms with Crippen LogP contribution in [0.3, 0.4) is 0 Å². The Kier molecular flexibility index (Phi) is 3.38. The molecule has 1 aromatic rings. The van der Waals surface area contributed by atoms with Gasteiger partial charge in [0.25, 0.3) is 5.91 Å². The van der Waals surface area contributed by atoms with Crippen molar-refractivity contribution in [2.24, 2.45) is 5.73 Å². The highest BCUT2D eigenvalue weighted by atomic mass is 32.2. The van der Waals surface area contributed by atoms with E-state index in [9.17, 15) is 13.2 Å². The van der Waals surface area contributed by atoms with Gasteiger partial charge < -0.3 is 11.1 Å². The Morgan fingerprint density at radius 3 is 2.33 bits per heavy atom. The van der Waals surface area contributed by atoms with Gasteiger partial charge in [0.05, 0.1) is 4.90 Å². The van der Waals surface area contributed by atoms with Crippen LogP contribution in [0.2, 0.25) is 0 Å².